The summed E-state index contributed by atoms with van der Waals surface area (Å²) in [4.78, 5) is 23.0. The van der Waals surface area contributed by atoms with Crippen molar-refractivity contribution >= 4 is 24.1 Å². The molecule has 0 bridgehead atoms. The molecule has 0 heterocycles. The van der Waals surface area contributed by atoms with Gasteiger partial charge in [0.2, 0.25) is 12.3 Å². The zero-order chi connectivity index (χ0) is 15.2. The lowest BCUT2D eigenvalue weighted by molar-refractivity contribution is -0.121. The van der Waals surface area contributed by atoms with Gasteiger partial charge < -0.3 is 10.6 Å². The molecule has 1 unspecified atom stereocenters. The molecule has 2 N–H and O–H groups in total. The summed E-state index contributed by atoms with van der Waals surface area (Å²) in [6, 6.07) is 5.30. The van der Waals surface area contributed by atoms with Crippen LogP contribution in [0, 0.1) is 12.8 Å². The van der Waals surface area contributed by atoms with E-state index in [1.54, 1.807) is 6.08 Å². The first kappa shape index (κ1) is 15.3. The molecule has 2 amide bonds. The molecule has 0 aromatic heterocycles. The van der Waals surface area contributed by atoms with Gasteiger partial charge in [0, 0.05) is 5.69 Å². The lowest BCUT2D eigenvalue weighted by Crippen LogP contribution is -2.40. The van der Waals surface area contributed by atoms with E-state index < -0.39 is 6.04 Å². The molecule has 1 aliphatic carbocycles. The summed E-state index contributed by atoms with van der Waals surface area (Å²) in [6.45, 7) is 5.76. The van der Waals surface area contributed by atoms with Crippen molar-refractivity contribution < 1.29 is 9.59 Å². The first-order valence-corrected chi connectivity index (χ1v) is 7.37. The molecule has 21 heavy (non-hydrogen) atoms. The van der Waals surface area contributed by atoms with E-state index in [9.17, 15) is 9.59 Å². The Hall–Kier alpha value is -2.10. The van der Waals surface area contributed by atoms with E-state index >= 15 is 0 Å². The Balaban J connectivity index is 2.02. The number of anilines is 1. The van der Waals surface area contributed by atoms with E-state index in [1.165, 1.54) is 12.8 Å². The quantitative estimate of drug-likeness (QED) is 0.722. The summed E-state index contributed by atoms with van der Waals surface area (Å²) in [5, 5.41) is 5.50. The van der Waals surface area contributed by atoms with Gasteiger partial charge in [0.05, 0.1) is 0 Å². The second-order valence-corrected chi connectivity index (χ2v) is 5.64. The number of hydrogen-bond donors (Lipinski definition) is 2. The molecule has 1 aromatic rings. The van der Waals surface area contributed by atoms with Crippen molar-refractivity contribution in [2.45, 2.75) is 38.6 Å². The Morgan fingerprint density at radius 2 is 2.24 bits per heavy atom. The number of nitrogens with one attached hydrogen (secondary N) is 2. The second kappa shape index (κ2) is 7.07. The van der Waals surface area contributed by atoms with Gasteiger partial charge in [-0.2, -0.15) is 0 Å². The molecule has 2 rings (SSSR count). The van der Waals surface area contributed by atoms with Gasteiger partial charge in [-0.15, -0.1) is 0 Å². The fourth-order valence-corrected chi connectivity index (χ4v) is 2.37. The molecule has 1 saturated carbocycles. The van der Waals surface area contributed by atoms with Crippen LogP contribution in [0.15, 0.2) is 24.8 Å². The highest BCUT2D eigenvalue weighted by molar-refractivity contribution is 5.97. The maximum atomic E-state index is 12.3. The van der Waals surface area contributed by atoms with Crippen LogP contribution in [0.1, 0.15) is 36.8 Å². The van der Waals surface area contributed by atoms with Crippen LogP contribution in [-0.2, 0) is 9.59 Å². The number of rotatable bonds is 8. The number of hydrogen-bond acceptors (Lipinski definition) is 2. The Morgan fingerprint density at radius 1 is 1.48 bits per heavy atom. The third kappa shape index (κ3) is 4.45. The standard InChI is InChI=1S/C17H22N2O2/c1-3-14-10-12(2)4-8-15(14)19-17(21)16(18-11-20)9-7-13-5-6-13/h3-4,8,10-11,13,16H,1,5-7,9H2,2H3,(H,18,20)(H,19,21). The highest BCUT2D eigenvalue weighted by Gasteiger charge is 2.25. The fraction of sp³-hybridized carbons (Fsp3) is 0.412. The monoisotopic (exact) mass is 286 g/mol. The average molecular weight is 286 g/mol. The summed E-state index contributed by atoms with van der Waals surface area (Å²) in [5.74, 6) is 0.562. The Morgan fingerprint density at radius 3 is 2.86 bits per heavy atom. The van der Waals surface area contributed by atoms with Crippen LogP contribution < -0.4 is 10.6 Å². The van der Waals surface area contributed by atoms with Crippen molar-refractivity contribution in [3.63, 3.8) is 0 Å². The van der Waals surface area contributed by atoms with Crippen LogP contribution in [0.3, 0.4) is 0 Å². The smallest absolute Gasteiger partial charge is 0.246 e. The minimum absolute atomic E-state index is 0.172. The van der Waals surface area contributed by atoms with Crippen LogP contribution in [0.2, 0.25) is 0 Å². The largest absolute Gasteiger partial charge is 0.347 e. The Bertz CT molecular complexity index is 536. The second-order valence-electron chi connectivity index (χ2n) is 5.64. The van der Waals surface area contributed by atoms with Gasteiger partial charge in [-0.1, -0.05) is 37.1 Å². The lowest BCUT2D eigenvalue weighted by atomic mass is 10.1. The SMILES string of the molecule is C=Cc1cc(C)ccc1NC(=O)C(CCC1CC1)NC=O. The highest BCUT2D eigenvalue weighted by atomic mass is 16.2. The van der Waals surface area contributed by atoms with Crippen LogP contribution in [-0.4, -0.2) is 18.4 Å². The molecule has 4 nitrogen and oxygen atoms in total. The molecule has 0 aliphatic heterocycles. The number of benzene rings is 1. The molecule has 0 spiro atoms. The van der Waals surface area contributed by atoms with Crippen LogP contribution >= 0.6 is 0 Å². The maximum Gasteiger partial charge on any atom is 0.246 e. The summed E-state index contributed by atoms with van der Waals surface area (Å²) in [5.41, 5.74) is 2.72. The topological polar surface area (TPSA) is 58.2 Å². The first-order valence-electron chi connectivity index (χ1n) is 7.37. The molecular weight excluding hydrogens is 264 g/mol. The number of carbonyl (C=O) groups is 2. The van der Waals surface area contributed by atoms with Gasteiger partial charge >= 0.3 is 0 Å². The average Bonchev–Trinajstić information content (AvgIpc) is 3.29. The molecule has 0 radical (unpaired) electrons. The van der Waals surface area contributed by atoms with Gasteiger partial charge in [-0.25, -0.2) is 0 Å². The highest BCUT2D eigenvalue weighted by Crippen LogP contribution is 2.34. The van der Waals surface area contributed by atoms with Crippen LogP contribution in [0.4, 0.5) is 5.69 Å². The van der Waals surface area contributed by atoms with Gasteiger partial charge in [0.1, 0.15) is 6.04 Å². The molecule has 1 aliphatic rings. The van der Waals surface area contributed by atoms with Gasteiger partial charge in [0.25, 0.3) is 0 Å². The predicted molar refractivity (Wildman–Crippen MR) is 84.8 cm³/mol. The van der Waals surface area contributed by atoms with Crippen molar-refractivity contribution in [3.05, 3.63) is 35.9 Å². The molecule has 0 saturated heterocycles. The van der Waals surface area contributed by atoms with E-state index in [0.29, 0.717) is 12.8 Å². The van der Waals surface area contributed by atoms with Crippen LogP contribution in [0.5, 0.6) is 0 Å². The summed E-state index contributed by atoms with van der Waals surface area (Å²) < 4.78 is 0. The molecule has 4 heteroatoms. The maximum absolute atomic E-state index is 12.3. The van der Waals surface area contributed by atoms with E-state index in [2.05, 4.69) is 17.2 Å². The minimum Gasteiger partial charge on any atom is -0.347 e. The fourth-order valence-electron chi connectivity index (χ4n) is 2.37. The Kier molecular flexibility index (Phi) is 5.14. The van der Waals surface area contributed by atoms with Gasteiger partial charge in [-0.3, -0.25) is 9.59 Å². The van der Waals surface area contributed by atoms with E-state index in [1.807, 2.05) is 25.1 Å². The number of carbonyl (C=O) groups excluding carboxylic acids is 2. The van der Waals surface area contributed by atoms with E-state index in [0.717, 1.165) is 29.2 Å². The minimum atomic E-state index is -0.470. The normalized spacial score (nSPS) is 15.1. The predicted octanol–water partition coefficient (Wildman–Crippen LogP) is 2.88. The van der Waals surface area contributed by atoms with Crippen LogP contribution in [0.25, 0.3) is 6.08 Å². The molecular formula is C17H22N2O2. The van der Waals surface area contributed by atoms with Gasteiger partial charge in [0.15, 0.2) is 0 Å². The molecule has 112 valence electrons. The third-order valence-corrected chi connectivity index (χ3v) is 3.83. The lowest BCUT2D eigenvalue weighted by Gasteiger charge is -2.17. The molecule has 1 atom stereocenters. The zero-order valence-electron chi connectivity index (χ0n) is 12.4. The number of aryl methyl sites for hydroxylation is 1. The van der Waals surface area contributed by atoms with E-state index in [4.69, 9.17) is 0 Å². The van der Waals surface area contributed by atoms with Crippen molar-refractivity contribution in [1.82, 2.24) is 5.32 Å². The van der Waals surface area contributed by atoms with Crippen molar-refractivity contribution in [2.24, 2.45) is 5.92 Å². The number of amides is 2. The molecule has 1 fully saturated rings. The summed E-state index contributed by atoms with van der Waals surface area (Å²) in [6.07, 6.45) is 6.48. The van der Waals surface area contributed by atoms with Crippen molar-refractivity contribution in [3.8, 4) is 0 Å². The van der Waals surface area contributed by atoms with Crippen molar-refractivity contribution in [2.75, 3.05) is 5.32 Å². The van der Waals surface area contributed by atoms with E-state index in [-0.39, 0.29) is 5.91 Å². The Labute approximate surface area is 125 Å². The van der Waals surface area contributed by atoms with Crippen molar-refractivity contribution in [1.29, 1.82) is 0 Å². The van der Waals surface area contributed by atoms with Gasteiger partial charge in [-0.05, 0) is 43.4 Å². The first-order chi connectivity index (χ1) is 10.1. The summed E-state index contributed by atoms with van der Waals surface area (Å²) in [7, 11) is 0. The zero-order valence-corrected chi connectivity index (χ0v) is 12.4. The summed E-state index contributed by atoms with van der Waals surface area (Å²) >= 11 is 0. The molecule has 1 aromatic carbocycles. The third-order valence-electron chi connectivity index (χ3n) is 3.83.